The largest absolute Gasteiger partial charge is 0.369 e. The highest BCUT2D eigenvalue weighted by atomic mass is 35.5. The zero-order chi connectivity index (χ0) is 15.1. The van der Waals surface area contributed by atoms with Crippen molar-refractivity contribution in [3.63, 3.8) is 0 Å². The first-order valence-electron chi connectivity index (χ1n) is 7.30. The van der Waals surface area contributed by atoms with Crippen molar-refractivity contribution in [1.29, 1.82) is 0 Å². The van der Waals surface area contributed by atoms with Gasteiger partial charge >= 0.3 is 0 Å². The Morgan fingerprint density at radius 1 is 1.09 bits per heavy atom. The van der Waals surface area contributed by atoms with Crippen molar-refractivity contribution in [2.24, 2.45) is 0 Å². The highest BCUT2D eigenvalue weighted by molar-refractivity contribution is 6.30. The normalized spacial score (nSPS) is 13.5. The number of aromatic nitrogens is 1. The van der Waals surface area contributed by atoms with Gasteiger partial charge in [-0.1, -0.05) is 54.1 Å². The predicted octanol–water partition coefficient (Wildman–Crippen LogP) is 5.02. The average Bonchev–Trinajstić information content (AvgIpc) is 2.54. The molecule has 22 heavy (non-hydrogen) atoms. The van der Waals surface area contributed by atoms with E-state index in [9.17, 15) is 0 Å². The Labute approximate surface area is 134 Å². The number of hydrogen-bond donors (Lipinski definition) is 0. The Morgan fingerprint density at radius 3 is 2.73 bits per heavy atom. The van der Waals surface area contributed by atoms with Crippen LogP contribution in [0.15, 0.2) is 54.6 Å². The van der Waals surface area contributed by atoms with Crippen molar-refractivity contribution in [1.82, 2.24) is 4.98 Å². The van der Waals surface area contributed by atoms with Gasteiger partial charge in [0.05, 0.1) is 11.2 Å². The molecule has 0 spiro atoms. The maximum atomic E-state index is 6.16. The molecule has 0 bridgehead atoms. The molecule has 0 radical (unpaired) electrons. The lowest BCUT2D eigenvalue weighted by Crippen LogP contribution is -2.21. The molecule has 2 aromatic carbocycles. The number of pyridine rings is 1. The molecular weight excluding hydrogens is 292 g/mol. The molecule has 108 valence electrons. The summed E-state index contributed by atoms with van der Waals surface area (Å²) < 4.78 is 0. The SMILES string of the molecule is CN1CC=Cc2cc(-c3ccccc3)c3ccc(Cl)nc3c21. The van der Waals surface area contributed by atoms with E-state index in [-0.39, 0.29) is 0 Å². The molecule has 3 aromatic rings. The number of benzene rings is 2. The second kappa shape index (κ2) is 5.15. The van der Waals surface area contributed by atoms with E-state index in [1.165, 1.54) is 16.7 Å². The van der Waals surface area contributed by atoms with Crippen LogP contribution in [0.4, 0.5) is 5.69 Å². The van der Waals surface area contributed by atoms with Crippen molar-refractivity contribution in [3.05, 3.63) is 65.3 Å². The molecule has 2 nitrogen and oxygen atoms in total. The van der Waals surface area contributed by atoms with Crippen LogP contribution < -0.4 is 4.90 Å². The number of likely N-dealkylation sites (N-methyl/N-ethyl adjacent to an activating group) is 1. The van der Waals surface area contributed by atoms with E-state index in [4.69, 9.17) is 11.6 Å². The molecule has 2 heterocycles. The summed E-state index contributed by atoms with van der Waals surface area (Å²) in [4.78, 5) is 6.83. The summed E-state index contributed by atoms with van der Waals surface area (Å²) in [5.41, 5.74) is 5.70. The third kappa shape index (κ3) is 2.08. The van der Waals surface area contributed by atoms with Gasteiger partial charge in [0, 0.05) is 24.5 Å². The lowest BCUT2D eigenvalue weighted by atomic mass is 9.94. The molecular formula is C19H15ClN2. The molecule has 3 heteroatoms. The van der Waals surface area contributed by atoms with Gasteiger partial charge in [0.2, 0.25) is 0 Å². The molecule has 4 rings (SSSR count). The smallest absolute Gasteiger partial charge is 0.129 e. The molecule has 0 atom stereocenters. The summed E-state index contributed by atoms with van der Waals surface area (Å²) in [5, 5.41) is 1.67. The maximum absolute atomic E-state index is 6.16. The van der Waals surface area contributed by atoms with Crippen LogP contribution in [-0.4, -0.2) is 18.6 Å². The second-order valence-electron chi connectivity index (χ2n) is 5.54. The van der Waals surface area contributed by atoms with E-state index in [1.54, 1.807) is 0 Å². The van der Waals surface area contributed by atoms with E-state index in [2.05, 4.69) is 65.5 Å². The third-order valence-corrected chi connectivity index (χ3v) is 4.30. The van der Waals surface area contributed by atoms with Gasteiger partial charge in [-0.05, 0) is 29.3 Å². The Morgan fingerprint density at radius 2 is 1.91 bits per heavy atom. The van der Waals surface area contributed by atoms with Crippen molar-refractivity contribution in [2.75, 3.05) is 18.5 Å². The number of hydrogen-bond acceptors (Lipinski definition) is 2. The minimum Gasteiger partial charge on any atom is -0.369 e. The van der Waals surface area contributed by atoms with E-state index < -0.39 is 0 Å². The van der Waals surface area contributed by atoms with E-state index in [1.807, 2.05) is 12.1 Å². The molecule has 0 N–H and O–H groups in total. The topological polar surface area (TPSA) is 16.1 Å². The van der Waals surface area contributed by atoms with Crippen LogP contribution >= 0.6 is 11.6 Å². The van der Waals surface area contributed by atoms with Gasteiger partial charge in [-0.15, -0.1) is 0 Å². The minimum absolute atomic E-state index is 0.530. The highest BCUT2D eigenvalue weighted by Gasteiger charge is 2.18. The zero-order valence-electron chi connectivity index (χ0n) is 12.3. The first kappa shape index (κ1) is 13.4. The molecule has 0 fully saturated rings. The Kier molecular flexibility index (Phi) is 3.12. The number of nitrogens with zero attached hydrogens (tertiary/aromatic N) is 2. The van der Waals surface area contributed by atoms with Gasteiger partial charge in [-0.2, -0.15) is 0 Å². The van der Waals surface area contributed by atoms with Gasteiger partial charge in [-0.3, -0.25) is 0 Å². The summed E-state index contributed by atoms with van der Waals surface area (Å²) in [5.74, 6) is 0. The van der Waals surface area contributed by atoms with Crippen LogP contribution in [-0.2, 0) is 0 Å². The first-order valence-corrected chi connectivity index (χ1v) is 7.68. The third-order valence-electron chi connectivity index (χ3n) is 4.09. The van der Waals surface area contributed by atoms with Crippen molar-refractivity contribution in [3.8, 4) is 11.1 Å². The number of halogens is 1. The van der Waals surface area contributed by atoms with Crippen LogP contribution in [0.25, 0.3) is 28.1 Å². The minimum atomic E-state index is 0.530. The van der Waals surface area contributed by atoms with Gasteiger partial charge in [-0.25, -0.2) is 4.98 Å². The summed E-state index contributed by atoms with van der Waals surface area (Å²) >= 11 is 6.16. The summed E-state index contributed by atoms with van der Waals surface area (Å²) in [6.07, 6.45) is 4.34. The standard InChI is InChI=1S/C19H15ClN2/c1-22-11-5-8-14-12-16(13-6-3-2-4-7-13)15-9-10-17(20)21-18(15)19(14)22/h2-10,12H,11H2,1H3. The summed E-state index contributed by atoms with van der Waals surface area (Å²) in [7, 11) is 2.09. The Bertz CT molecular complexity index is 885. The highest BCUT2D eigenvalue weighted by Crippen LogP contribution is 2.39. The lowest BCUT2D eigenvalue weighted by molar-refractivity contribution is 1.02. The Balaban J connectivity index is 2.12. The van der Waals surface area contributed by atoms with Crippen LogP contribution in [0, 0.1) is 0 Å². The van der Waals surface area contributed by atoms with Gasteiger partial charge < -0.3 is 4.90 Å². The van der Waals surface area contributed by atoms with Gasteiger partial charge in [0.1, 0.15) is 5.15 Å². The van der Waals surface area contributed by atoms with Crippen molar-refractivity contribution >= 4 is 34.3 Å². The van der Waals surface area contributed by atoms with E-state index >= 15 is 0 Å². The monoisotopic (exact) mass is 306 g/mol. The van der Waals surface area contributed by atoms with Gasteiger partial charge in [0.25, 0.3) is 0 Å². The molecule has 0 unspecified atom stereocenters. The quantitative estimate of drug-likeness (QED) is 0.587. The maximum Gasteiger partial charge on any atom is 0.129 e. The van der Waals surface area contributed by atoms with Crippen LogP contribution in [0.3, 0.4) is 0 Å². The predicted molar refractivity (Wildman–Crippen MR) is 94.5 cm³/mol. The first-order chi connectivity index (χ1) is 10.7. The molecule has 1 aromatic heterocycles. The van der Waals surface area contributed by atoms with Crippen LogP contribution in [0.2, 0.25) is 5.15 Å². The summed E-state index contributed by atoms with van der Waals surface area (Å²) in [6, 6.07) is 16.6. The zero-order valence-corrected chi connectivity index (χ0v) is 13.0. The molecule has 0 saturated heterocycles. The molecule has 0 saturated carbocycles. The fourth-order valence-electron chi connectivity index (χ4n) is 3.09. The summed E-state index contributed by atoms with van der Waals surface area (Å²) in [6.45, 7) is 0.890. The second-order valence-corrected chi connectivity index (χ2v) is 5.93. The molecule has 0 amide bonds. The fourth-order valence-corrected chi connectivity index (χ4v) is 3.23. The lowest BCUT2D eigenvalue weighted by Gasteiger charge is -2.26. The van der Waals surface area contributed by atoms with E-state index in [0.29, 0.717) is 5.15 Å². The number of fused-ring (bicyclic) bond motifs is 3. The molecule has 1 aliphatic rings. The van der Waals surface area contributed by atoms with Crippen molar-refractivity contribution < 1.29 is 0 Å². The number of anilines is 1. The molecule has 0 aliphatic carbocycles. The average molecular weight is 307 g/mol. The number of rotatable bonds is 1. The molecule has 1 aliphatic heterocycles. The van der Waals surface area contributed by atoms with E-state index in [0.717, 1.165) is 23.1 Å². The fraction of sp³-hybridized carbons (Fsp3) is 0.105. The van der Waals surface area contributed by atoms with Crippen LogP contribution in [0.5, 0.6) is 0 Å². The Hall–Kier alpha value is -2.32. The van der Waals surface area contributed by atoms with Gasteiger partial charge in [0.15, 0.2) is 0 Å². The van der Waals surface area contributed by atoms with Crippen molar-refractivity contribution in [2.45, 2.75) is 0 Å². The van der Waals surface area contributed by atoms with Crippen LogP contribution in [0.1, 0.15) is 5.56 Å².